The summed E-state index contributed by atoms with van der Waals surface area (Å²) in [4.78, 5) is 14.3. The Bertz CT molecular complexity index is 548. The molecule has 0 spiro atoms. The monoisotopic (exact) mass is 376 g/mol. The van der Waals surface area contributed by atoms with Crippen molar-refractivity contribution in [2.45, 2.75) is 37.8 Å². The summed E-state index contributed by atoms with van der Waals surface area (Å²) in [6.07, 6.45) is 4.22. The lowest BCUT2D eigenvalue weighted by Gasteiger charge is -2.33. The SMILES string of the molecule is O=C1C(NC2CC2)CCCN1c1ccc(Br)c(Cl)c1Cl. The maximum Gasteiger partial charge on any atom is 0.244 e. The predicted octanol–water partition coefficient (Wildman–Crippen LogP) is 4.00. The van der Waals surface area contributed by atoms with Crippen LogP contribution in [0.4, 0.5) is 5.69 Å². The Balaban J connectivity index is 1.85. The number of rotatable bonds is 3. The van der Waals surface area contributed by atoms with E-state index in [0.717, 1.165) is 17.3 Å². The van der Waals surface area contributed by atoms with E-state index in [4.69, 9.17) is 23.2 Å². The molecule has 6 heteroatoms. The van der Waals surface area contributed by atoms with Crippen LogP contribution in [0.1, 0.15) is 25.7 Å². The fourth-order valence-corrected chi connectivity index (χ4v) is 3.40. The van der Waals surface area contributed by atoms with E-state index >= 15 is 0 Å². The molecule has 1 atom stereocenters. The molecule has 1 unspecified atom stereocenters. The number of halogens is 3. The van der Waals surface area contributed by atoms with Crippen molar-refractivity contribution in [2.24, 2.45) is 0 Å². The minimum Gasteiger partial charge on any atom is -0.310 e. The van der Waals surface area contributed by atoms with Crippen LogP contribution in [0.25, 0.3) is 0 Å². The van der Waals surface area contributed by atoms with Crippen molar-refractivity contribution >= 4 is 50.7 Å². The standard InChI is InChI=1S/C14H15BrCl2N2O/c15-9-5-6-11(13(17)12(9)16)19-7-1-2-10(14(19)20)18-8-3-4-8/h5-6,8,10,18H,1-4,7H2. The van der Waals surface area contributed by atoms with E-state index in [-0.39, 0.29) is 11.9 Å². The van der Waals surface area contributed by atoms with Crippen LogP contribution in [0, 0.1) is 0 Å². The fourth-order valence-electron chi connectivity index (χ4n) is 2.53. The number of piperidine rings is 1. The highest BCUT2D eigenvalue weighted by atomic mass is 79.9. The average molecular weight is 378 g/mol. The van der Waals surface area contributed by atoms with Gasteiger partial charge in [-0.3, -0.25) is 4.79 Å². The van der Waals surface area contributed by atoms with Crippen molar-refractivity contribution in [2.75, 3.05) is 11.4 Å². The molecule has 1 saturated heterocycles. The molecule has 1 aliphatic heterocycles. The summed E-state index contributed by atoms with van der Waals surface area (Å²) in [7, 11) is 0. The Labute approximate surface area is 136 Å². The van der Waals surface area contributed by atoms with Gasteiger partial charge in [-0.25, -0.2) is 0 Å². The van der Waals surface area contributed by atoms with Gasteiger partial charge in [0, 0.05) is 17.1 Å². The molecular weight excluding hydrogens is 363 g/mol. The van der Waals surface area contributed by atoms with Crippen LogP contribution in [-0.2, 0) is 4.79 Å². The molecule has 0 aromatic heterocycles. The van der Waals surface area contributed by atoms with Gasteiger partial charge in [0.2, 0.25) is 5.91 Å². The lowest BCUT2D eigenvalue weighted by Crippen LogP contribution is -2.51. The highest BCUT2D eigenvalue weighted by Crippen LogP contribution is 2.39. The van der Waals surface area contributed by atoms with Gasteiger partial charge in [-0.2, -0.15) is 0 Å². The molecule has 20 heavy (non-hydrogen) atoms. The lowest BCUT2D eigenvalue weighted by atomic mass is 10.0. The molecule has 1 aromatic carbocycles. The minimum absolute atomic E-state index is 0.0882. The summed E-state index contributed by atoms with van der Waals surface area (Å²) in [5, 5.41) is 4.30. The Hall–Kier alpha value is -0.290. The number of hydrogen-bond acceptors (Lipinski definition) is 2. The zero-order valence-corrected chi connectivity index (χ0v) is 13.9. The summed E-state index contributed by atoms with van der Waals surface area (Å²) in [5.41, 5.74) is 0.701. The van der Waals surface area contributed by atoms with E-state index in [1.807, 2.05) is 12.1 Å². The molecule has 1 aliphatic carbocycles. The van der Waals surface area contributed by atoms with Crippen LogP contribution in [-0.4, -0.2) is 24.5 Å². The van der Waals surface area contributed by atoms with Gasteiger partial charge in [-0.05, 0) is 53.7 Å². The Morgan fingerprint density at radius 1 is 1.20 bits per heavy atom. The molecule has 2 aliphatic rings. The van der Waals surface area contributed by atoms with Crippen LogP contribution >= 0.6 is 39.1 Å². The number of anilines is 1. The predicted molar refractivity (Wildman–Crippen MR) is 85.7 cm³/mol. The van der Waals surface area contributed by atoms with Gasteiger partial charge >= 0.3 is 0 Å². The molecule has 2 fully saturated rings. The third-order valence-electron chi connectivity index (χ3n) is 3.76. The van der Waals surface area contributed by atoms with E-state index in [9.17, 15) is 4.79 Å². The Kier molecular flexibility index (Phi) is 4.27. The van der Waals surface area contributed by atoms with Crippen molar-refractivity contribution in [1.82, 2.24) is 5.32 Å². The van der Waals surface area contributed by atoms with Gasteiger partial charge < -0.3 is 10.2 Å². The molecule has 0 bridgehead atoms. The van der Waals surface area contributed by atoms with E-state index in [2.05, 4.69) is 21.2 Å². The first-order chi connectivity index (χ1) is 9.58. The van der Waals surface area contributed by atoms with E-state index in [1.54, 1.807) is 4.90 Å². The third kappa shape index (κ3) is 2.84. The van der Waals surface area contributed by atoms with E-state index in [1.165, 1.54) is 12.8 Å². The quantitative estimate of drug-likeness (QED) is 0.807. The van der Waals surface area contributed by atoms with E-state index in [0.29, 0.717) is 28.3 Å². The van der Waals surface area contributed by atoms with Crippen LogP contribution in [0.15, 0.2) is 16.6 Å². The molecule has 1 saturated carbocycles. The number of benzene rings is 1. The van der Waals surface area contributed by atoms with Crippen molar-refractivity contribution in [3.8, 4) is 0 Å². The largest absolute Gasteiger partial charge is 0.310 e. The van der Waals surface area contributed by atoms with Crippen molar-refractivity contribution in [3.63, 3.8) is 0 Å². The smallest absolute Gasteiger partial charge is 0.244 e. The minimum atomic E-state index is -0.0882. The van der Waals surface area contributed by atoms with E-state index < -0.39 is 0 Å². The van der Waals surface area contributed by atoms with Gasteiger partial charge in [0.05, 0.1) is 21.8 Å². The zero-order valence-electron chi connectivity index (χ0n) is 10.8. The van der Waals surface area contributed by atoms with Crippen molar-refractivity contribution in [3.05, 3.63) is 26.7 Å². The first kappa shape index (κ1) is 14.6. The number of nitrogens with one attached hydrogen (secondary N) is 1. The fraction of sp³-hybridized carbons (Fsp3) is 0.500. The van der Waals surface area contributed by atoms with Gasteiger partial charge in [0.25, 0.3) is 0 Å². The van der Waals surface area contributed by atoms with Crippen LogP contribution in [0.2, 0.25) is 10.0 Å². The molecule has 1 amide bonds. The number of hydrogen-bond donors (Lipinski definition) is 1. The number of carbonyl (C=O) groups excluding carboxylic acids is 1. The highest BCUT2D eigenvalue weighted by Gasteiger charge is 2.34. The molecule has 1 N–H and O–H groups in total. The summed E-state index contributed by atoms with van der Waals surface area (Å²) >= 11 is 15.8. The summed E-state index contributed by atoms with van der Waals surface area (Å²) in [6.45, 7) is 0.694. The first-order valence-corrected chi connectivity index (χ1v) is 8.33. The molecule has 3 rings (SSSR count). The molecule has 0 radical (unpaired) electrons. The second kappa shape index (κ2) is 5.84. The molecule has 108 valence electrons. The third-order valence-corrected chi connectivity index (χ3v) is 5.52. The maximum absolute atomic E-state index is 12.6. The highest BCUT2D eigenvalue weighted by molar-refractivity contribution is 9.10. The summed E-state index contributed by atoms with van der Waals surface area (Å²) in [5.74, 6) is 0.100. The van der Waals surface area contributed by atoms with Crippen molar-refractivity contribution < 1.29 is 4.79 Å². The first-order valence-electron chi connectivity index (χ1n) is 6.79. The summed E-state index contributed by atoms with van der Waals surface area (Å²) < 4.78 is 0.741. The maximum atomic E-state index is 12.6. The van der Waals surface area contributed by atoms with Crippen LogP contribution in [0.3, 0.4) is 0 Å². The normalized spacial score (nSPS) is 23.2. The second-order valence-electron chi connectivity index (χ2n) is 5.32. The molecule has 3 nitrogen and oxygen atoms in total. The Morgan fingerprint density at radius 3 is 2.65 bits per heavy atom. The number of nitrogens with zero attached hydrogens (tertiary/aromatic N) is 1. The second-order valence-corrected chi connectivity index (χ2v) is 6.93. The van der Waals surface area contributed by atoms with Gasteiger partial charge in [-0.1, -0.05) is 23.2 Å². The van der Waals surface area contributed by atoms with Gasteiger partial charge in [-0.15, -0.1) is 0 Å². The summed E-state index contributed by atoms with van der Waals surface area (Å²) in [6, 6.07) is 4.10. The molecular formula is C14H15BrCl2N2O. The van der Waals surface area contributed by atoms with Gasteiger partial charge in [0.1, 0.15) is 0 Å². The number of amides is 1. The molecule has 1 heterocycles. The average Bonchev–Trinajstić information content (AvgIpc) is 3.24. The van der Waals surface area contributed by atoms with Gasteiger partial charge in [0.15, 0.2) is 0 Å². The van der Waals surface area contributed by atoms with Crippen LogP contribution < -0.4 is 10.2 Å². The number of carbonyl (C=O) groups is 1. The Morgan fingerprint density at radius 2 is 1.95 bits per heavy atom. The van der Waals surface area contributed by atoms with Crippen LogP contribution in [0.5, 0.6) is 0 Å². The lowest BCUT2D eigenvalue weighted by molar-refractivity contribution is -0.121. The topological polar surface area (TPSA) is 32.3 Å². The van der Waals surface area contributed by atoms with Crippen molar-refractivity contribution in [1.29, 1.82) is 0 Å². The zero-order chi connectivity index (χ0) is 14.3. The molecule has 1 aromatic rings.